The first-order valence-corrected chi connectivity index (χ1v) is 8.09. The van der Waals surface area contributed by atoms with Crippen molar-refractivity contribution < 1.29 is 4.74 Å². The summed E-state index contributed by atoms with van der Waals surface area (Å²) in [6, 6.07) is 8.28. The van der Waals surface area contributed by atoms with Gasteiger partial charge in [-0.1, -0.05) is 6.07 Å². The monoisotopic (exact) mass is 280 g/mol. The highest BCUT2D eigenvalue weighted by molar-refractivity contribution is 7.99. The van der Waals surface area contributed by atoms with Crippen LogP contribution in [0.5, 0.6) is 5.75 Å². The molecule has 0 bridgehead atoms. The quantitative estimate of drug-likeness (QED) is 0.830. The van der Waals surface area contributed by atoms with Crippen molar-refractivity contribution in [2.24, 2.45) is 5.92 Å². The smallest absolute Gasteiger partial charge is 0.121 e. The van der Waals surface area contributed by atoms with Crippen LogP contribution in [0, 0.1) is 5.92 Å². The highest BCUT2D eigenvalue weighted by Crippen LogP contribution is 2.24. The van der Waals surface area contributed by atoms with Gasteiger partial charge in [0.25, 0.3) is 0 Å². The van der Waals surface area contributed by atoms with Gasteiger partial charge in [0.2, 0.25) is 0 Å². The van der Waals surface area contributed by atoms with Crippen LogP contribution in [0.1, 0.15) is 6.42 Å². The highest BCUT2D eigenvalue weighted by atomic mass is 32.2. The third-order valence-corrected chi connectivity index (χ3v) is 4.49. The maximum absolute atomic E-state index is 5.74. The summed E-state index contributed by atoms with van der Waals surface area (Å²) >= 11 is 2.06. The lowest BCUT2D eigenvalue weighted by Crippen LogP contribution is -2.19. The van der Waals surface area contributed by atoms with Crippen molar-refractivity contribution in [3.8, 4) is 5.75 Å². The van der Waals surface area contributed by atoms with E-state index in [0.29, 0.717) is 0 Å². The largest absolute Gasteiger partial charge is 0.492 e. The fraction of sp³-hybridized carbons (Fsp3) is 0.600. The predicted octanol–water partition coefficient (Wildman–Crippen LogP) is 2.79. The number of ether oxygens (including phenoxy) is 1. The first kappa shape index (κ1) is 14.5. The molecule has 1 unspecified atom stereocenters. The molecule has 0 radical (unpaired) electrons. The molecule has 3 nitrogen and oxygen atoms in total. The van der Waals surface area contributed by atoms with Gasteiger partial charge in [0.05, 0.1) is 0 Å². The minimum absolute atomic E-state index is 0.732. The van der Waals surface area contributed by atoms with Crippen LogP contribution in [0.3, 0.4) is 0 Å². The zero-order valence-corrected chi connectivity index (χ0v) is 12.7. The van der Waals surface area contributed by atoms with Crippen molar-refractivity contribution in [1.82, 2.24) is 4.90 Å². The maximum Gasteiger partial charge on any atom is 0.121 e. The average Bonchev–Trinajstić information content (AvgIpc) is 2.89. The SMILES string of the molecule is CN(C)CCOc1cccc(NCC2CCSC2)c1. The number of hydrogen-bond acceptors (Lipinski definition) is 4. The summed E-state index contributed by atoms with van der Waals surface area (Å²) in [6.07, 6.45) is 1.34. The Labute approximate surface area is 120 Å². The third-order valence-electron chi connectivity index (χ3n) is 3.26. The van der Waals surface area contributed by atoms with E-state index in [0.717, 1.165) is 31.4 Å². The van der Waals surface area contributed by atoms with Crippen molar-refractivity contribution in [1.29, 1.82) is 0 Å². The normalized spacial score (nSPS) is 18.8. The molecule has 1 atom stereocenters. The van der Waals surface area contributed by atoms with Crippen LogP contribution in [0.2, 0.25) is 0 Å². The Balaban J connectivity index is 1.77. The highest BCUT2D eigenvalue weighted by Gasteiger charge is 2.14. The van der Waals surface area contributed by atoms with Gasteiger partial charge in [-0.3, -0.25) is 0 Å². The Morgan fingerprint density at radius 1 is 1.42 bits per heavy atom. The van der Waals surface area contributed by atoms with E-state index < -0.39 is 0 Å². The molecule has 1 heterocycles. The molecular weight excluding hydrogens is 256 g/mol. The van der Waals surface area contributed by atoms with Gasteiger partial charge in [0.1, 0.15) is 12.4 Å². The van der Waals surface area contributed by atoms with Crippen LogP contribution in [-0.4, -0.2) is 50.2 Å². The van der Waals surface area contributed by atoms with Gasteiger partial charge in [-0.2, -0.15) is 11.8 Å². The van der Waals surface area contributed by atoms with Crippen LogP contribution >= 0.6 is 11.8 Å². The summed E-state index contributed by atoms with van der Waals surface area (Å²) in [6.45, 7) is 2.75. The molecule has 1 saturated heterocycles. The minimum Gasteiger partial charge on any atom is -0.492 e. The summed E-state index contributed by atoms with van der Waals surface area (Å²) in [4.78, 5) is 2.12. The molecule has 0 aromatic heterocycles. The fourth-order valence-electron chi connectivity index (χ4n) is 2.05. The Kier molecular flexibility index (Phi) is 5.86. The molecule has 1 N–H and O–H groups in total. The van der Waals surface area contributed by atoms with Gasteiger partial charge in [-0.15, -0.1) is 0 Å². The predicted molar refractivity (Wildman–Crippen MR) is 84.4 cm³/mol. The van der Waals surface area contributed by atoms with E-state index >= 15 is 0 Å². The van der Waals surface area contributed by atoms with E-state index in [1.165, 1.54) is 23.6 Å². The second kappa shape index (κ2) is 7.65. The molecule has 1 aromatic rings. The van der Waals surface area contributed by atoms with Gasteiger partial charge in [0.15, 0.2) is 0 Å². The molecule has 1 aromatic carbocycles. The van der Waals surface area contributed by atoms with Crippen LogP contribution in [0.4, 0.5) is 5.69 Å². The van der Waals surface area contributed by atoms with Gasteiger partial charge < -0.3 is 15.0 Å². The Hall–Kier alpha value is -0.870. The second-order valence-corrected chi connectivity index (χ2v) is 6.44. The van der Waals surface area contributed by atoms with Crippen LogP contribution in [0.15, 0.2) is 24.3 Å². The van der Waals surface area contributed by atoms with E-state index in [-0.39, 0.29) is 0 Å². The average molecular weight is 280 g/mol. The summed E-state index contributed by atoms with van der Waals surface area (Å²) in [5.41, 5.74) is 1.17. The molecule has 0 saturated carbocycles. The lowest BCUT2D eigenvalue weighted by atomic mass is 10.1. The number of thioether (sulfide) groups is 1. The van der Waals surface area contributed by atoms with Crippen molar-refractivity contribution in [2.75, 3.05) is 50.6 Å². The first-order valence-electron chi connectivity index (χ1n) is 6.93. The van der Waals surface area contributed by atoms with Crippen molar-refractivity contribution >= 4 is 17.4 Å². The Bertz CT molecular complexity index is 378. The number of likely N-dealkylation sites (N-methyl/N-ethyl adjacent to an activating group) is 1. The van der Waals surface area contributed by atoms with E-state index in [9.17, 15) is 0 Å². The molecule has 0 amide bonds. The van der Waals surface area contributed by atoms with Crippen LogP contribution < -0.4 is 10.1 Å². The number of hydrogen-bond donors (Lipinski definition) is 1. The van der Waals surface area contributed by atoms with Crippen LogP contribution in [0.25, 0.3) is 0 Å². The number of anilines is 1. The van der Waals surface area contributed by atoms with Crippen molar-refractivity contribution in [3.05, 3.63) is 24.3 Å². The van der Waals surface area contributed by atoms with E-state index in [2.05, 4.69) is 54.3 Å². The lowest BCUT2D eigenvalue weighted by molar-refractivity contribution is 0.261. The first-order chi connectivity index (χ1) is 9.24. The van der Waals surface area contributed by atoms with E-state index in [4.69, 9.17) is 4.74 Å². The van der Waals surface area contributed by atoms with Gasteiger partial charge in [-0.05, 0) is 50.1 Å². The zero-order valence-electron chi connectivity index (χ0n) is 11.9. The number of nitrogens with one attached hydrogen (secondary N) is 1. The van der Waals surface area contributed by atoms with Gasteiger partial charge >= 0.3 is 0 Å². The fourth-order valence-corrected chi connectivity index (χ4v) is 3.33. The number of nitrogens with zero attached hydrogens (tertiary/aromatic N) is 1. The van der Waals surface area contributed by atoms with Gasteiger partial charge in [-0.25, -0.2) is 0 Å². The summed E-state index contributed by atoms with van der Waals surface area (Å²) in [7, 11) is 4.11. The number of benzene rings is 1. The summed E-state index contributed by atoms with van der Waals surface area (Å²) in [5, 5.41) is 3.52. The molecule has 0 spiro atoms. The van der Waals surface area contributed by atoms with Gasteiger partial charge in [0, 0.05) is 24.8 Å². The number of rotatable bonds is 7. The molecule has 0 aliphatic carbocycles. The third kappa shape index (κ3) is 5.33. The molecule has 4 heteroatoms. The molecule has 1 fully saturated rings. The standard InChI is InChI=1S/C15H24N2OS/c1-17(2)7-8-18-15-5-3-4-14(10-15)16-11-13-6-9-19-12-13/h3-5,10,13,16H,6-9,11-12H2,1-2H3. The molecular formula is C15H24N2OS. The molecule has 19 heavy (non-hydrogen) atoms. The topological polar surface area (TPSA) is 24.5 Å². The maximum atomic E-state index is 5.74. The van der Waals surface area contributed by atoms with Crippen molar-refractivity contribution in [2.45, 2.75) is 6.42 Å². The summed E-state index contributed by atoms with van der Waals surface area (Å²) < 4.78 is 5.74. The van der Waals surface area contributed by atoms with Crippen molar-refractivity contribution in [3.63, 3.8) is 0 Å². The lowest BCUT2D eigenvalue weighted by Gasteiger charge is -2.14. The summed E-state index contributed by atoms with van der Waals surface area (Å²) in [5.74, 6) is 4.39. The second-order valence-electron chi connectivity index (χ2n) is 5.29. The van der Waals surface area contributed by atoms with E-state index in [1.807, 2.05) is 6.07 Å². The minimum atomic E-state index is 0.732. The van der Waals surface area contributed by atoms with Crippen LogP contribution in [-0.2, 0) is 0 Å². The van der Waals surface area contributed by atoms with E-state index in [1.54, 1.807) is 0 Å². The molecule has 1 aliphatic heterocycles. The Morgan fingerprint density at radius 2 is 2.32 bits per heavy atom. The Morgan fingerprint density at radius 3 is 3.05 bits per heavy atom. The molecule has 2 rings (SSSR count). The molecule has 106 valence electrons. The molecule has 1 aliphatic rings. The zero-order chi connectivity index (χ0) is 13.5.